The molecule has 3 N–H and O–H groups in total. The molecular formula is C4H4FIN2O3. The lowest BCUT2D eigenvalue weighted by molar-refractivity contribution is -0.132. The number of hydrogen-bond acceptors (Lipinski definition) is 3. The summed E-state index contributed by atoms with van der Waals surface area (Å²) >= 11 is 1.11. The number of aliphatic hydroxyl groups is 1. The largest absolute Gasteiger partial charge is 0.369 e. The van der Waals surface area contributed by atoms with E-state index in [2.05, 4.69) is 0 Å². The maximum Gasteiger partial charge on any atom is 0.323 e. The zero-order valence-electron chi connectivity index (χ0n) is 5.10. The Morgan fingerprint density at radius 2 is 2.18 bits per heavy atom. The van der Waals surface area contributed by atoms with Gasteiger partial charge in [0.05, 0.1) is 0 Å². The topological polar surface area (TPSA) is 78.4 Å². The van der Waals surface area contributed by atoms with Gasteiger partial charge in [0.25, 0.3) is 9.58 Å². The number of rotatable bonds is 0. The molecule has 2 atom stereocenters. The molecule has 1 heterocycles. The van der Waals surface area contributed by atoms with Crippen LogP contribution in [0.4, 0.5) is 9.18 Å². The first-order chi connectivity index (χ1) is 4.94. The molecule has 0 aliphatic carbocycles. The van der Waals surface area contributed by atoms with Gasteiger partial charge < -0.3 is 10.4 Å². The molecule has 7 heteroatoms. The van der Waals surface area contributed by atoms with Gasteiger partial charge in [0.1, 0.15) is 0 Å². The highest BCUT2D eigenvalue weighted by Gasteiger charge is 2.48. The fourth-order valence-corrected chi connectivity index (χ4v) is 0.852. The SMILES string of the molecule is O=C1NC(=O)C(F)(I)C(O)N1. The molecule has 3 amide bonds. The first-order valence-electron chi connectivity index (χ1n) is 2.62. The van der Waals surface area contributed by atoms with Crippen LogP contribution in [0.25, 0.3) is 0 Å². The Morgan fingerprint density at radius 1 is 1.64 bits per heavy atom. The van der Waals surface area contributed by atoms with Crippen LogP contribution >= 0.6 is 22.6 Å². The Labute approximate surface area is 74.5 Å². The summed E-state index contributed by atoms with van der Waals surface area (Å²) in [5.74, 6) is -1.14. The van der Waals surface area contributed by atoms with Crippen molar-refractivity contribution in [3.63, 3.8) is 0 Å². The van der Waals surface area contributed by atoms with Crippen molar-refractivity contribution >= 4 is 34.5 Å². The van der Waals surface area contributed by atoms with E-state index in [-0.39, 0.29) is 0 Å². The van der Waals surface area contributed by atoms with E-state index in [4.69, 9.17) is 5.11 Å². The third-order valence-corrected chi connectivity index (χ3v) is 2.22. The molecule has 62 valence electrons. The van der Waals surface area contributed by atoms with Crippen molar-refractivity contribution < 1.29 is 19.1 Å². The summed E-state index contributed by atoms with van der Waals surface area (Å²) in [4.78, 5) is 21.0. The zero-order chi connectivity index (χ0) is 8.65. The van der Waals surface area contributed by atoms with Crippen LogP contribution in [0.2, 0.25) is 0 Å². The quantitative estimate of drug-likeness (QED) is 0.401. The Bertz CT molecular complexity index is 219. The number of hydrogen-bond donors (Lipinski definition) is 3. The number of alkyl halides is 2. The zero-order valence-corrected chi connectivity index (χ0v) is 7.25. The van der Waals surface area contributed by atoms with Crippen molar-refractivity contribution in [1.82, 2.24) is 10.6 Å². The van der Waals surface area contributed by atoms with Crippen molar-refractivity contribution in [2.75, 3.05) is 0 Å². The molecule has 1 fully saturated rings. The number of carbonyl (C=O) groups excluding carboxylic acids is 2. The molecule has 0 spiro atoms. The third-order valence-electron chi connectivity index (χ3n) is 1.14. The highest BCUT2D eigenvalue weighted by atomic mass is 127. The smallest absolute Gasteiger partial charge is 0.323 e. The van der Waals surface area contributed by atoms with E-state index >= 15 is 0 Å². The van der Waals surface area contributed by atoms with E-state index in [0.29, 0.717) is 0 Å². The number of aliphatic hydroxyl groups excluding tert-OH is 1. The highest BCUT2D eigenvalue weighted by Crippen LogP contribution is 2.26. The van der Waals surface area contributed by atoms with Gasteiger partial charge in [0.15, 0.2) is 6.23 Å². The second-order valence-corrected chi connectivity index (χ2v) is 3.52. The normalized spacial score (nSPS) is 37.9. The first-order valence-corrected chi connectivity index (χ1v) is 3.70. The molecule has 1 aliphatic rings. The fraction of sp³-hybridized carbons (Fsp3) is 0.500. The van der Waals surface area contributed by atoms with Gasteiger partial charge in [0, 0.05) is 0 Å². The van der Waals surface area contributed by atoms with Crippen LogP contribution in [0.5, 0.6) is 0 Å². The number of halogens is 2. The van der Waals surface area contributed by atoms with Crippen LogP contribution in [0.1, 0.15) is 0 Å². The Kier molecular flexibility index (Phi) is 2.01. The molecule has 0 saturated carbocycles. The summed E-state index contributed by atoms with van der Waals surface area (Å²) in [6.07, 6.45) is -1.79. The third kappa shape index (κ3) is 1.43. The molecule has 0 bridgehead atoms. The number of urea groups is 1. The second kappa shape index (κ2) is 2.55. The summed E-state index contributed by atoms with van der Waals surface area (Å²) in [6.45, 7) is 0. The van der Waals surface area contributed by atoms with Crippen LogP contribution in [0.15, 0.2) is 0 Å². The first kappa shape index (κ1) is 8.65. The van der Waals surface area contributed by atoms with Gasteiger partial charge in [-0.05, 0) is 22.6 Å². The lowest BCUT2D eigenvalue weighted by Crippen LogP contribution is -2.64. The summed E-state index contributed by atoms with van der Waals surface area (Å²) in [7, 11) is 0. The fourth-order valence-electron chi connectivity index (χ4n) is 0.562. The molecule has 5 nitrogen and oxygen atoms in total. The van der Waals surface area contributed by atoms with Gasteiger partial charge in [-0.15, -0.1) is 0 Å². The van der Waals surface area contributed by atoms with E-state index in [9.17, 15) is 14.0 Å². The molecule has 1 rings (SSSR count). The molecule has 0 aromatic carbocycles. The van der Waals surface area contributed by atoms with Crippen LogP contribution in [0, 0.1) is 0 Å². The minimum absolute atomic E-state index is 0.896. The molecule has 1 saturated heterocycles. The van der Waals surface area contributed by atoms with Gasteiger partial charge in [0.2, 0.25) is 0 Å². The number of amides is 3. The molecule has 11 heavy (non-hydrogen) atoms. The second-order valence-electron chi connectivity index (χ2n) is 1.95. The number of carbonyl (C=O) groups is 2. The average molecular weight is 274 g/mol. The lowest BCUT2D eigenvalue weighted by Gasteiger charge is -2.28. The predicted octanol–water partition coefficient (Wildman–Crippen LogP) is -0.755. The molecular weight excluding hydrogens is 270 g/mol. The van der Waals surface area contributed by atoms with E-state index < -0.39 is 21.8 Å². The van der Waals surface area contributed by atoms with Crippen LogP contribution < -0.4 is 10.6 Å². The van der Waals surface area contributed by atoms with E-state index in [1.165, 1.54) is 0 Å². The molecule has 1 aliphatic heterocycles. The number of imide groups is 1. The minimum Gasteiger partial charge on any atom is -0.369 e. The van der Waals surface area contributed by atoms with Crippen LogP contribution in [-0.2, 0) is 4.79 Å². The van der Waals surface area contributed by atoms with Crippen molar-refractivity contribution in [2.45, 2.75) is 9.90 Å². The van der Waals surface area contributed by atoms with Crippen LogP contribution in [0.3, 0.4) is 0 Å². The summed E-state index contributed by atoms with van der Waals surface area (Å²) in [5.41, 5.74) is 0. The minimum atomic E-state index is -2.48. The van der Waals surface area contributed by atoms with Crippen molar-refractivity contribution in [2.24, 2.45) is 0 Å². The van der Waals surface area contributed by atoms with Crippen molar-refractivity contribution in [3.05, 3.63) is 0 Å². The molecule has 0 aromatic heterocycles. The summed E-state index contributed by atoms with van der Waals surface area (Å²) in [5, 5.41) is 12.3. The molecule has 0 radical (unpaired) electrons. The van der Waals surface area contributed by atoms with Crippen LogP contribution in [-0.4, -0.2) is 26.9 Å². The maximum absolute atomic E-state index is 12.9. The van der Waals surface area contributed by atoms with Gasteiger partial charge in [-0.2, -0.15) is 0 Å². The Morgan fingerprint density at radius 3 is 2.64 bits per heavy atom. The average Bonchev–Trinajstić information content (AvgIpc) is 1.84. The van der Waals surface area contributed by atoms with Gasteiger partial charge in [-0.25, -0.2) is 9.18 Å². The highest BCUT2D eigenvalue weighted by molar-refractivity contribution is 14.1. The lowest BCUT2D eigenvalue weighted by atomic mass is 10.3. The number of nitrogens with one attached hydrogen (secondary N) is 2. The summed E-state index contributed by atoms with van der Waals surface area (Å²) in [6, 6.07) is -0.896. The molecule has 0 aromatic rings. The Hall–Kier alpha value is -0.440. The summed E-state index contributed by atoms with van der Waals surface area (Å²) < 4.78 is 10.5. The van der Waals surface area contributed by atoms with Gasteiger partial charge >= 0.3 is 6.03 Å². The monoisotopic (exact) mass is 274 g/mol. The van der Waals surface area contributed by atoms with E-state index in [1.54, 1.807) is 10.6 Å². The predicted molar refractivity (Wildman–Crippen MR) is 40.5 cm³/mol. The Balaban J connectivity index is 2.84. The van der Waals surface area contributed by atoms with E-state index in [0.717, 1.165) is 22.6 Å². The standard InChI is InChI=1S/C4H4FIN2O3/c5-4(6)1(9)7-3(11)8-2(4)10/h1,9H,(H2,7,8,10,11). The van der Waals surface area contributed by atoms with Gasteiger partial charge in [-0.1, -0.05) is 0 Å². The molecule has 2 unspecified atom stereocenters. The van der Waals surface area contributed by atoms with E-state index in [1.807, 2.05) is 0 Å². The van der Waals surface area contributed by atoms with Gasteiger partial charge in [-0.3, -0.25) is 10.1 Å². The maximum atomic E-state index is 12.9. The van der Waals surface area contributed by atoms with Crippen molar-refractivity contribution in [1.29, 1.82) is 0 Å². The van der Waals surface area contributed by atoms with Crippen molar-refractivity contribution in [3.8, 4) is 0 Å².